The van der Waals surface area contributed by atoms with E-state index in [1.165, 1.54) is 0 Å². The van der Waals surface area contributed by atoms with Crippen LogP contribution in [0, 0.1) is 16.7 Å². The molecule has 1 aliphatic rings. The zero-order valence-corrected chi connectivity index (χ0v) is 17.8. The molecule has 1 rings (SSSR count). The monoisotopic (exact) mass is 372 g/mol. The van der Waals surface area contributed by atoms with E-state index in [1.54, 1.807) is 0 Å². The van der Waals surface area contributed by atoms with Gasteiger partial charge in [-0.2, -0.15) is 0 Å². The third kappa shape index (κ3) is 6.88. The first-order valence-corrected chi connectivity index (χ1v) is 9.33. The summed E-state index contributed by atoms with van der Waals surface area (Å²) in [6.45, 7) is 17.1. The molecular weight excluding hydrogens is 336 g/mol. The maximum Gasteiger partial charge on any atom is 0.311 e. The molecule has 1 saturated heterocycles. The second-order valence-corrected chi connectivity index (χ2v) is 9.59. The molecule has 152 valence electrons. The lowest BCUT2D eigenvalue weighted by Crippen LogP contribution is -2.52. The van der Waals surface area contributed by atoms with Crippen LogP contribution in [0.25, 0.3) is 0 Å². The molecular formula is C20H36O6. The first kappa shape index (κ1) is 22.9. The van der Waals surface area contributed by atoms with Crippen LogP contribution in [0.3, 0.4) is 0 Å². The van der Waals surface area contributed by atoms with E-state index in [2.05, 4.69) is 0 Å². The highest BCUT2D eigenvalue weighted by Crippen LogP contribution is 2.33. The molecule has 1 heterocycles. The van der Waals surface area contributed by atoms with Crippen LogP contribution >= 0.6 is 0 Å². The molecule has 0 aliphatic carbocycles. The van der Waals surface area contributed by atoms with Crippen molar-refractivity contribution in [2.75, 3.05) is 13.2 Å². The Labute approximate surface area is 157 Å². The molecule has 0 spiro atoms. The predicted octanol–water partition coefficient (Wildman–Crippen LogP) is 3.71. The van der Waals surface area contributed by atoms with Crippen LogP contribution in [-0.4, -0.2) is 43.1 Å². The van der Waals surface area contributed by atoms with E-state index in [0.29, 0.717) is 6.42 Å². The molecule has 0 aromatic rings. The van der Waals surface area contributed by atoms with Gasteiger partial charge in [-0.05, 0) is 55.4 Å². The van der Waals surface area contributed by atoms with Gasteiger partial charge in [0.05, 0.1) is 23.5 Å². The van der Waals surface area contributed by atoms with E-state index in [-0.39, 0.29) is 43.3 Å². The second-order valence-electron chi connectivity index (χ2n) is 9.59. The van der Waals surface area contributed by atoms with Crippen molar-refractivity contribution in [3.8, 4) is 0 Å². The number of carbonyl (C=O) groups excluding carboxylic acids is 2. The number of carbonyl (C=O) groups is 2. The van der Waals surface area contributed by atoms with Gasteiger partial charge >= 0.3 is 11.9 Å². The Hall–Kier alpha value is -1.14. The van der Waals surface area contributed by atoms with Crippen molar-refractivity contribution in [1.82, 2.24) is 0 Å². The van der Waals surface area contributed by atoms with Gasteiger partial charge < -0.3 is 18.9 Å². The quantitative estimate of drug-likeness (QED) is 0.685. The Morgan fingerprint density at radius 3 is 1.85 bits per heavy atom. The van der Waals surface area contributed by atoms with E-state index in [4.69, 9.17) is 18.9 Å². The molecule has 6 nitrogen and oxygen atoms in total. The Kier molecular flexibility index (Phi) is 7.27. The second kappa shape index (κ2) is 8.26. The lowest BCUT2D eigenvalue weighted by molar-refractivity contribution is -0.325. The zero-order valence-electron chi connectivity index (χ0n) is 17.8. The lowest BCUT2D eigenvalue weighted by atomic mass is 9.93. The molecule has 1 fully saturated rings. The Morgan fingerprint density at radius 2 is 1.35 bits per heavy atom. The summed E-state index contributed by atoms with van der Waals surface area (Å²) in [6, 6.07) is 0. The van der Waals surface area contributed by atoms with Gasteiger partial charge in [0.2, 0.25) is 0 Å². The fourth-order valence-corrected chi connectivity index (χ4v) is 2.58. The maximum atomic E-state index is 12.0. The molecule has 0 aromatic heterocycles. The van der Waals surface area contributed by atoms with Gasteiger partial charge in [0.25, 0.3) is 0 Å². The number of hydrogen-bond acceptors (Lipinski definition) is 6. The molecule has 0 amide bonds. The van der Waals surface area contributed by atoms with Crippen molar-refractivity contribution >= 4 is 11.9 Å². The molecule has 26 heavy (non-hydrogen) atoms. The molecule has 0 saturated carbocycles. The van der Waals surface area contributed by atoms with Crippen molar-refractivity contribution in [2.45, 2.75) is 86.7 Å². The van der Waals surface area contributed by atoms with E-state index in [9.17, 15) is 9.59 Å². The van der Waals surface area contributed by atoms with Crippen molar-refractivity contribution in [2.24, 2.45) is 16.7 Å². The fraction of sp³-hybridized carbons (Fsp3) is 0.900. The van der Waals surface area contributed by atoms with Crippen LogP contribution in [-0.2, 0) is 28.5 Å². The van der Waals surface area contributed by atoms with Crippen molar-refractivity contribution in [3.05, 3.63) is 0 Å². The summed E-state index contributed by atoms with van der Waals surface area (Å²) in [6.07, 6.45) is 0.151. The fourth-order valence-electron chi connectivity index (χ4n) is 2.58. The topological polar surface area (TPSA) is 71.1 Å². The van der Waals surface area contributed by atoms with Gasteiger partial charge in [-0.25, -0.2) is 0 Å². The van der Waals surface area contributed by atoms with Crippen molar-refractivity contribution in [3.63, 3.8) is 0 Å². The zero-order chi connectivity index (χ0) is 20.3. The molecule has 0 N–H and O–H groups in total. The normalized spacial score (nSPS) is 26.3. The number of esters is 2. The first-order chi connectivity index (χ1) is 11.6. The van der Waals surface area contributed by atoms with Gasteiger partial charge in [0, 0.05) is 12.3 Å². The average molecular weight is 373 g/mol. The van der Waals surface area contributed by atoms with Crippen LogP contribution in [0.4, 0.5) is 0 Å². The number of hydrogen-bond donors (Lipinski definition) is 0. The molecule has 6 heteroatoms. The largest absolute Gasteiger partial charge is 0.465 e. The minimum absolute atomic E-state index is 0.00383. The summed E-state index contributed by atoms with van der Waals surface area (Å²) >= 11 is 0. The molecule has 3 atom stereocenters. The minimum Gasteiger partial charge on any atom is -0.465 e. The van der Waals surface area contributed by atoms with Gasteiger partial charge in [-0.15, -0.1) is 0 Å². The van der Waals surface area contributed by atoms with E-state index in [0.717, 1.165) is 0 Å². The molecule has 0 radical (unpaired) electrons. The van der Waals surface area contributed by atoms with Gasteiger partial charge in [-0.3, -0.25) is 9.59 Å². The van der Waals surface area contributed by atoms with E-state index in [1.807, 2.05) is 62.3 Å². The Balaban J connectivity index is 2.64. The van der Waals surface area contributed by atoms with E-state index >= 15 is 0 Å². The van der Waals surface area contributed by atoms with Crippen LogP contribution < -0.4 is 0 Å². The maximum absolute atomic E-state index is 12.0. The summed E-state index contributed by atoms with van der Waals surface area (Å²) in [7, 11) is 0. The molecule has 0 aromatic carbocycles. The van der Waals surface area contributed by atoms with Gasteiger partial charge in [0.15, 0.2) is 5.79 Å². The van der Waals surface area contributed by atoms with Gasteiger partial charge in [-0.1, -0.05) is 6.92 Å². The minimum atomic E-state index is -0.788. The summed E-state index contributed by atoms with van der Waals surface area (Å²) in [5.74, 6) is -1.27. The van der Waals surface area contributed by atoms with Crippen LogP contribution in [0.2, 0.25) is 0 Å². The number of ether oxygens (including phenoxy) is 4. The smallest absolute Gasteiger partial charge is 0.311 e. The lowest BCUT2D eigenvalue weighted by Gasteiger charge is -2.44. The summed E-state index contributed by atoms with van der Waals surface area (Å²) in [4.78, 5) is 23.9. The summed E-state index contributed by atoms with van der Waals surface area (Å²) < 4.78 is 22.8. The Morgan fingerprint density at radius 1 is 0.885 bits per heavy atom. The molecule has 0 bridgehead atoms. The average Bonchev–Trinajstić information content (AvgIpc) is 2.46. The van der Waals surface area contributed by atoms with Crippen LogP contribution in [0.15, 0.2) is 0 Å². The molecule has 1 aliphatic heterocycles. The number of rotatable bonds is 5. The van der Waals surface area contributed by atoms with Crippen LogP contribution in [0.5, 0.6) is 0 Å². The Bertz CT molecular complexity index is 497. The standard InChI is InChI=1S/C20H36O6/c1-13-14(10-11-23-16(21)18(2,3)4)25-20(8,9)26-15(13)12-24-17(22)19(5,6)7/h13-15H,10-12H2,1-9H3/t13-,14-,15-/m0/s1. The summed E-state index contributed by atoms with van der Waals surface area (Å²) in [5.41, 5.74) is -1.07. The molecule has 0 unspecified atom stereocenters. The van der Waals surface area contributed by atoms with Crippen molar-refractivity contribution in [1.29, 1.82) is 0 Å². The predicted molar refractivity (Wildman–Crippen MR) is 98.4 cm³/mol. The van der Waals surface area contributed by atoms with Crippen molar-refractivity contribution < 1.29 is 28.5 Å². The van der Waals surface area contributed by atoms with Gasteiger partial charge in [0.1, 0.15) is 12.7 Å². The third-order valence-corrected chi connectivity index (χ3v) is 4.28. The first-order valence-electron chi connectivity index (χ1n) is 9.33. The highest BCUT2D eigenvalue weighted by Gasteiger charge is 2.42. The summed E-state index contributed by atoms with van der Waals surface area (Å²) in [5, 5.41) is 0. The highest BCUT2D eigenvalue weighted by molar-refractivity contribution is 5.75. The third-order valence-electron chi connectivity index (χ3n) is 4.28. The highest BCUT2D eigenvalue weighted by atomic mass is 16.7. The van der Waals surface area contributed by atoms with Crippen LogP contribution in [0.1, 0.15) is 68.7 Å². The SMILES string of the molecule is C[C@H]1[C@H](CCOC(=O)C(C)(C)C)OC(C)(C)O[C@H]1COC(=O)C(C)(C)C. The van der Waals surface area contributed by atoms with E-state index < -0.39 is 16.6 Å².